The number of benzene rings is 10. The quantitative estimate of drug-likeness (QED) is 0.129. The molecule has 0 fully saturated rings. The Kier molecular flexibility index (Phi) is 7.53. The molecule has 0 N–H and O–H groups in total. The van der Waals surface area contributed by atoms with Crippen LogP contribution in [0.2, 0.25) is 0 Å². The highest BCUT2D eigenvalue weighted by molar-refractivity contribution is 7.80. The summed E-state index contributed by atoms with van der Waals surface area (Å²) >= 11 is 0. The van der Waals surface area contributed by atoms with Gasteiger partial charge in [-0.2, -0.15) is 0 Å². The lowest BCUT2D eigenvalue weighted by Crippen LogP contribution is -2.62. The summed E-state index contributed by atoms with van der Waals surface area (Å²) in [6.45, 7) is -0.0531. The van der Waals surface area contributed by atoms with E-state index in [2.05, 4.69) is 250 Å². The number of rotatable bonds is 4. The van der Waals surface area contributed by atoms with Gasteiger partial charge in [0.05, 0.1) is 27.9 Å². The second-order valence-electron chi connectivity index (χ2n) is 17.7. The zero-order valence-electron chi connectivity index (χ0n) is 35.8. The maximum atomic E-state index is 2.63. The summed E-state index contributed by atoms with van der Waals surface area (Å²) in [4.78, 5) is 7.59. The minimum atomic E-state index is -0.936. The first kappa shape index (κ1) is 36.3. The van der Waals surface area contributed by atoms with Crippen LogP contribution < -0.4 is 47.0 Å². The fourth-order valence-electron chi connectivity index (χ4n) is 11.8. The SMILES string of the molecule is c1ccc(N2c3ccccc3P(c3ccccc3)c3cc4c(cc32)N(c2ccccc2)c2cccc3c2B4c2cc4c5cccc6c7ccccc7n(c4cc2N3c2ccccc2)c65)cc1. The molecule has 0 amide bonds. The van der Waals surface area contributed by atoms with Gasteiger partial charge in [0.25, 0.3) is 6.71 Å². The van der Waals surface area contributed by atoms with Gasteiger partial charge in [-0.25, -0.2) is 0 Å². The Hall–Kier alpha value is -8.11. The van der Waals surface area contributed by atoms with Crippen LogP contribution in [0.25, 0.3) is 38.1 Å². The number of fused-ring (bicyclic) bond motifs is 12. The minimum Gasteiger partial charge on any atom is -0.311 e. The third-order valence-electron chi connectivity index (χ3n) is 14.3. The Morgan fingerprint density at radius 1 is 0.318 bits per heavy atom. The zero-order valence-corrected chi connectivity index (χ0v) is 36.6. The van der Waals surface area contributed by atoms with Gasteiger partial charge < -0.3 is 19.1 Å². The predicted molar refractivity (Wildman–Crippen MR) is 282 cm³/mol. The van der Waals surface area contributed by atoms with E-state index in [0.29, 0.717) is 0 Å². The summed E-state index contributed by atoms with van der Waals surface area (Å²) in [5.41, 5.74) is 18.5. The molecule has 306 valence electrons. The third-order valence-corrected chi connectivity index (χ3v) is 16.8. The van der Waals surface area contributed by atoms with E-state index >= 15 is 0 Å². The molecule has 1 unspecified atom stereocenters. The second-order valence-corrected chi connectivity index (χ2v) is 19.8. The molecule has 6 heteroatoms. The molecule has 2 aromatic heterocycles. The molecule has 0 bridgehead atoms. The zero-order chi connectivity index (χ0) is 43.0. The van der Waals surface area contributed by atoms with Crippen molar-refractivity contribution in [1.82, 2.24) is 4.40 Å². The van der Waals surface area contributed by atoms with Crippen molar-refractivity contribution in [3.05, 3.63) is 231 Å². The first-order valence-corrected chi connectivity index (χ1v) is 24.2. The lowest BCUT2D eigenvalue weighted by Gasteiger charge is -2.46. The monoisotopic (exact) mass is 856 g/mol. The van der Waals surface area contributed by atoms with E-state index in [-0.39, 0.29) is 6.71 Å². The van der Waals surface area contributed by atoms with Gasteiger partial charge in [0, 0.05) is 72.0 Å². The molecule has 12 aromatic rings. The highest BCUT2D eigenvalue weighted by Crippen LogP contribution is 2.52. The molecular weight excluding hydrogens is 818 g/mol. The molecule has 0 radical (unpaired) electrons. The van der Waals surface area contributed by atoms with Crippen LogP contribution >= 0.6 is 7.92 Å². The standard InChI is InChI=1S/C60H38BN4P/c1-5-19-39(20-6-1)62-50-31-15-16-34-57(50)66(42-25-11-4-12-26-42)58-36-48-55(38-56(58)62)64(41-23-9-3-10-24-41)52-33-18-32-51-59(52)61(48)47-35-46-45-29-17-28-44-43-27-13-14-30-49(43)65(60(44)45)53(46)37-54(47)63(51)40-21-7-2-8-22-40/h1-38H. The van der Waals surface area contributed by atoms with E-state index < -0.39 is 7.92 Å². The smallest absolute Gasteiger partial charge is 0.252 e. The summed E-state index contributed by atoms with van der Waals surface area (Å²) < 4.78 is 2.52. The van der Waals surface area contributed by atoms with E-state index in [1.54, 1.807) is 0 Å². The number of anilines is 9. The fraction of sp³-hybridized carbons (Fsp3) is 0. The molecule has 0 saturated carbocycles. The van der Waals surface area contributed by atoms with Gasteiger partial charge in [0.15, 0.2) is 0 Å². The maximum absolute atomic E-state index is 2.63. The lowest BCUT2D eigenvalue weighted by molar-refractivity contribution is 1.24. The van der Waals surface area contributed by atoms with Crippen LogP contribution in [0.5, 0.6) is 0 Å². The van der Waals surface area contributed by atoms with Gasteiger partial charge in [-0.3, -0.25) is 0 Å². The number of aromatic nitrogens is 1. The van der Waals surface area contributed by atoms with Crippen molar-refractivity contribution in [2.24, 2.45) is 0 Å². The summed E-state index contributed by atoms with van der Waals surface area (Å²) in [7, 11) is -0.936. The molecule has 5 heterocycles. The van der Waals surface area contributed by atoms with Crippen molar-refractivity contribution in [3.63, 3.8) is 0 Å². The molecule has 66 heavy (non-hydrogen) atoms. The molecule has 0 saturated heterocycles. The van der Waals surface area contributed by atoms with Crippen molar-refractivity contribution >= 4 is 136 Å². The summed E-state index contributed by atoms with van der Waals surface area (Å²) in [6, 6.07) is 86.2. The summed E-state index contributed by atoms with van der Waals surface area (Å²) in [6.07, 6.45) is 0. The molecule has 1 atom stereocenters. The molecule has 3 aliphatic heterocycles. The van der Waals surface area contributed by atoms with E-state index in [1.165, 1.54) is 105 Å². The molecular formula is C60H38BN4P. The Morgan fingerprint density at radius 3 is 1.50 bits per heavy atom. The van der Waals surface area contributed by atoms with Crippen molar-refractivity contribution < 1.29 is 0 Å². The van der Waals surface area contributed by atoms with Crippen molar-refractivity contribution in [3.8, 4) is 0 Å². The van der Waals surface area contributed by atoms with Crippen molar-refractivity contribution in [2.75, 3.05) is 14.7 Å². The number of hydrogen-bond acceptors (Lipinski definition) is 3. The Bertz CT molecular complexity index is 3910. The second kappa shape index (κ2) is 13.7. The van der Waals surface area contributed by atoms with Crippen LogP contribution in [-0.2, 0) is 0 Å². The van der Waals surface area contributed by atoms with Gasteiger partial charge in [0.2, 0.25) is 0 Å². The van der Waals surface area contributed by atoms with Gasteiger partial charge >= 0.3 is 0 Å². The van der Waals surface area contributed by atoms with E-state index in [0.717, 1.165) is 17.1 Å². The lowest BCUT2D eigenvalue weighted by atomic mass is 9.33. The van der Waals surface area contributed by atoms with E-state index in [1.807, 2.05) is 0 Å². The van der Waals surface area contributed by atoms with Gasteiger partial charge in [-0.15, -0.1) is 0 Å². The molecule has 15 rings (SSSR count). The Balaban J connectivity index is 1.09. The largest absolute Gasteiger partial charge is 0.311 e. The van der Waals surface area contributed by atoms with Crippen LogP contribution in [0.1, 0.15) is 0 Å². The normalized spacial score (nSPS) is 14.7. The first-order chi connectivity index (χ1) is 32.8. The molecule has 10 aromatic carbocycles. The van der Waals surface area contributed by atoms with Gasteiger partial charge in [0.1, 0.15) is 0 Å². The third kappa shape index (κ3) is 4.87. The summed E-state index contributed by atoms with van der Waals surface area (Å²) in [5, 5.41) is 9.26. The summed E-state index contributed by atoms with van der Waals surface area (Å²) in [5.74, 6) is 0. The number of para-hydroxylation sites is 6. The minimum absolute atomic E-state index is 0.0531. The van der Waals surface area contributed by atoms with Crippen LogP contribution in [0, 0.1) is 0 Å². The topological polar surface area (TPSA) is 14.1 Å². The number of hydrogen-bond donors (Lipinski definition) is 0. The number of nitrogens with zero attached hydrogens (tertiary/aromatic N) is 4. The molecule has 0 spiro atoms. The Morgan fingerprint density at radius 2 is 0.818 bits per heavy atom. The average molecular weight is 857 g/mol. The fourth-order valence-corrected chi connectivity index (χ4v) is 14.3. The highest BCUT2D eigenvalue weighted by Gasteiger charge is 2.45. The maximum Gasteiger partial charge on any atom is 0.252 e. The van der Waals surface area contributed by atoms with Crippen LogP contribution in [-0.4, -0.2) is 11.1 Å². The van der Waals surface area contributed by atoms with Gasteiger partial charge in [-0.05, 0) is 102 Å². The first-order valence-electron chi connectivity index (χ1n) is 22.8. The van der Waals surface area contributed by atoms with E-state index in [4.69, 9.17) is 0 Å². The van der Waals surface area contributed by atoms with Crippen molar-refractivity contribution in [2.45, 2.75) is 0 Å². The van der Waals surface area contributed by atoms with Crippen LogP contribution in [0.4, 0.5) is 51.2 Å². The van der Waals surface area contributed by atoms with E-state index in [9.17, 15) is 0 Å². The predicted octanol–water partition coefficient (Wildman–Crippen LogP) is 12.5. The van der Waals surface area contributed by atoms with Crippen LogP contribution in [0.3, 0.4) is 0 Å². The Labute approximate surface area is 384 Å². The highest BCUT2D eigenvalue weighted by atomic mass is 31.1. The molecule has 0 aliphatic carbocycles. The average Bonchev–Trinajstić information content (AvgIpc) is 3.90. The van der Waals surface area contributed by atoms with Crippen LogP contribution in [0.15, 0.2) is 231 Å². The molecule has 4 nitrogen and oxygen atoms in total. The van der Waals surface area contributed by atoms with Gasteiger partial charge in [-0.1, -0.05) is 158 Å². The molecule has 3 aliphatic rings. The van der Waals surface area contributed by atoms with Crippen molar-refractivity contribution in [1.29, 1.82) is 0 Å².